The summed E-state index contributed by atoms with van der Waals surface area (Å²) in [5.74, 6) is -0.0468. The fourth-order valence-corrected chi connectivity index (χ4v) is 2.24. The first-order valence-electron chi connectivity index (χ1n) is 7.17. The second-order valence-corrected chi connectivity index (χ2v) is 4.99. The number of nitrogens with two attached hydrogens (primary N) is 1. The summed E-state index contributed by atoms with van der Waals surface area (Å²) in [4.78, 5) is 18.6. The predicted octanol–water partition coefficient (Wildman–Crippen LogP) is 2.03. The van der Waals surface area contributed by atoms with Crippen LogP contribution < -0.4 is 5.73 Å². The van der Waals surface area contributed by atoms with Gasteiger partial charge in [-0.1, -0.05) is 36.4 Å². The molecular formula is C17H21N3O. The van der Waals surface area contributed by atoms with E-state index in [0.717, 1.165) is 12.0 Å². The van der Waals surface area contributed by atoms with Gasteiger partial charge in [-0.15, -0.1) is 0 Å². The van der Waals surface area contributed by atoms with Gasteiger partial charge in [-0.25, -0.2) is 0 Å². The van der Waals surface area contributed by atoms with Gasteiger partial charge in [0.2, 0.25) is 0 Å². The Hall–Kier alpha value is -2.20. The molecule has 0 aliphatic heterocycles. The van der Waals surface area contributed by atoms with Crippen molar-refractivity contribution >= 4 is 5.91 Å². The zero-order valence-corrected chi connectivity index (χ0v) is 12.3. The zero-order valence-electron chi connectivity index (χ0n) is 12.3. The molecule has 21 heavy (non-hydrogen) atoms. The summed E-state index contributed by atoms with van der Waals surface area (Å²) in [7, 11) is 0. The molecule has 0 aliphatic carbocycles. The van der Waals surface area contributed by atoms with Gasteiger partial charge in [-0.2, -0.15) is 0 Å². The van der Waals surface area contributed by atoms with E-state index < -0.39 is 0 Å². The molecule has 2 rings (SSSR count). The van der Waals surface area contributed by atoms with Crippen molar-refractivity contribution in [3.8, 4) is 0 Å². The third-order valence-corrected chi connectivity index (χ3v) is 3.41. The van der Waals surface area contributed by atoms with Gasteiger partial charge in [-0.05, 0) is 30.5 Å². The molecule has 2 N–H and O–H groups in total. The van der Waals surface area contributed by atoms with E-state index in [0.29, 0.717) is 25.3 Å². The number of aromatic nitrogens is 1. The summed E-state index contributed by atoms with van der Waals surface area (Å²) in [6, 6.07) is 13.9. The lowest BCUT2D eigenvalue weighted by molar-refractivity contribution is 0.0755. The van der Waals surface area contributed by atoms with Gasteiger partial charge < -0.3 is 10.6 Å². The number of pyridine rings is 1. The maximum Gasteiger partial charge on any atom is 0.272 e. The molecule has 0 atom stereocenters. The van der Waals surface area contributed by atoms with Gasteiger partial charge in [0, 0.05) is 25.8 Å². The fourth-order valence-electron chi connectivity index (χ4n) is 2.24. The minimum Gasteiger partial charge on any atom is -0.336 e. The molecule has 0 saturated heterocycles. The second kappa shape index (κ2) is 7.55. The molecule has 1 aromatic heterocycles. The van der Waals surface area contributed by atoms with Crippen LogP contribution >= 0.6 is 0 Å². The number of nitrogens with zero attached hydrogens (tertiary/aromatic N) is 2. The largest absolute Gasteiger partial charge is 0.336 e. The maximum atomic E-state index is 12.6. The summed E-state index contributed by atoms with van der Waals surface area (Å²) >= 11 is 0. The van der Waals surface area contributed by atoms with Crippen LogP contribution in [0.25, 0.3) is 0 Å². The van der Waals surface area contributed by atoms with Crippen molar-refractivity contribution in [1.82, 2.24) is 9.88 Å². The molecule has 0 fully saturated rings. The van der Waals surface area contributed by atoms with Crippen molar-refractivity contribution in [3.05, 3.63) is 65.5 Å². The first-order valence-corrected chi connectivity index (χ1v) is 7.17. The number of carbonyl (C=O) groups excluding carboxylic acids is 1. The summed E-state index contributed by atoms with van der Waals surface area (Å²) < 4.78 is 0. The Morgan fingerprint density at radius 2 is 1.90 bits per heavy atom. The number of benzene rings is 1. The maximum absolute atomic E-state index is 12.6. The van der Waals surface area contributed by atoms with E-state index in [1.54, 1.807) is 11.1 Å². The van der Waals surface area contributed by atoms with Crippen LogP contribution in [0.15, 0.2) is 48.7 Å². The molecule has 1 aromatic carbocycles. The highest BCUT2D eigenvalue weighted by molar-refractivity contribution is 5.93. The summed E-state index contributed by atoms with van der Waals surface area (Å²) in [6.45, 7) is 3.54. The van der Waals surface area contributed by atoms with Gasteiger partial charge in [0.15, 0.2) is 0 Å². The number of aryl methyl sites for hydroxylation is 1. The van der Waals surface area contributed by atoms with E-state index in [-0.39, 0.29) is 5.91 Å². The topological polar surface area (TPSA) is 59.2 Å². The zero-order chi connectivity index (χ0) is 15.1. The molecule has 0 aliphatic rings. The molecule has 0 bridgehead atoms. The Balaban J connectivity index is 2.08. The molecule has 4 nitrogen and oxygen atoms in total. The molecule has 0 spiro atoms. The monoisotopic (exact) mass is 283 g/mol. The molecular weight excluding hydrogens is 262 g/mol. The van der Waals surface area contributed by atoms with Gasteiger partial charge in [0.05, 0.1) is 0 Å². The van der Waals surface area contributed by atoms with E-state index in [9.17, 15) is 4.79 Å². The molecule has 0 radical (unpaired) electrons. The molecule has 4 heteroatoms. The first kappa shape index (κ1) is 15.2. The van der Waals surface area contributed by atoms with E-state index in [1.165, 1.54) is 5.56 Å². The Morgan fingerprint density at radius 1 is 1.14 bits per heavy atom. The number of rotatable bonds is 6. The standard InChI is InChI=1S/C17H21N3O/c1-14-6-5-11-19-16(14)17(21)20(13-10-18)12-9-15-7-3-2-4-8-15/h2-8,11H,9-10,12-13,18H2,1H3. The highest BCUT2D eigenvalue weighted by Gasteiger charge is 2.17. The van der Waals surface area contributed by atoms with Crippen LogP contribution in [0.2, 0.25) is 0 Å². The van der Waals surface area contributed by atoms with E-state index >= 15 is 0 Å². The number of hydrogen-bond acceptors (Lipinski definition) is 3. The average Bonchev–Trinajstić information content (AvgIpc) is 2.52. The van der Waals surface area contributed by atoms with Crippen molar-refractivity contribution in [1.29, 1.82) is 0 Å². The number of amides is 1. The molecule has 1 amide bonds. The fraction of sp³-hybridized carbons (Fsp3) is 0.294. The summed E-state index contributed by atoms with van der Waals surface area (Å²) in [5, 5.41) is 0. The van der Waals surface area contributed by atoms with Crippen molar-refractivity contribution in [2.75, 3.05) is 19.6 Å². The van der Waals surface area contributed by atoms with Crippen LogP contribution in [-0.4, -0.2) is 35.4 Å². The summed E-state index contributed by atoms with van der Waals surface area (Å²) in [6.07, 6.45) is 2.47. The van der Waals surface area contributed by atoms with E-state index in [4.69, 9.17) is 5.73 Å². The van der Waals surface area contributed by atoms with Crippen LogP contribution in [-0.2, 0) is 6.42 Å². The quantitative estimate of drug-likeness (QED) is 0.882. The van der Waals surface area contributed by atoms with Gasteiger partial charge in [0.1, 0.15) is 5.69 Å². The lowest BCUT2D eigenvalue weighted by Gasteiger charge is -2.22. The van der Waals surface area contributed by atoms with Crippen LogP contribution in [0.4, 0.5) is 0 Å². The van der Waals surface area contributed by atoms with Crippen LogP contribution in [0.3, 0.4) is 0 Å². The van der Waals surface area contributed by atoms with E-state index in [1.807, 2.05) is 37.3 Å². The summed E-state index contributed by atoms with van der Waals surface area (Å²) in [5.41, 5.74) is 8.26. The number of carbonyl (C=O) groups is 1. The average molecular weight is 283 g/mol. The molecule has 0 saturated carbocycles. The smallest absolute Gasteiger partial charge is 0.272 e. The molecule has 1 heterocycles. The number of hydrogen-bond donors (Lipinski definition) is 1. The predicted molar refractivity (Wildman–Crippen MR) is 84.1 cm³/mol. The molecule has 0 unspecified atom stereocenters. The van der Waals surface area contributed by atoms with E-state index in [2.05, 4.69) is 17.1 Å². The lowest BCUT2D eigenvalue weighted by Crippen LogP contribution is -2.37. The Labute approximate surface area is 125 Å². The second-order valence-electron chi connectivity index (χ2n) is 4.99. The van der Waals surface area contributed by atoms with Gasteiger partial charge in [-0.3, -0.25) is 9.78 Å². The van der Waals surface area contributed by atoms with Crippen LogP contribution in [0.5, 0.6) is 0 Å². The highest BCUT2D eigenvalue weighted by Crippen LogP contribution is 2.09. The normalized spacial score (nSPS) is 10.4. The van der Waals surface area contributed by atoms with Crippen molar-refractivity contribution in [2.24, 2.45) is 5.73 Å². The minimum absolute atomic E-state index is 0.0468. The van der Waals surface area contributed by atoms with Crippen LogP contribution in [0, 0.1) is 6.92 Å². The third kappa shape index (κ3) is 4.13. The third-order valence-electron chi connectivity index (χ3n) is 3.41. The highest BCUT2D eigenvalue weighted by atomic mass is 16.2. The Kier molecular flexibility index (Phi) is 5.46. The minimum atomic E-state index is -0.0468. The van der Waals surface area contributed by atoms with Gasteiger partial charge >= 0.3 is 0 Å². The van der Waals surface area contributed by atoms with Crippen molar-refractivity contribution < 1.29 is 4.79 Å². The Bertz CT molecular complexity index is 584. The van der Waals surface area contributed by atoms with Crippen molar-refractivity contribution in [2.45, 2.75) is 13.3 Å². The van der Waals surface area contributed by atoms with Crippen molar-refractivity contribution in [3.63, 3.8) is 0 Å². The SMILES string of the molecule is Cc1cccnc1C(=O)N(CCN)CCc1ccccc1. The molecule has 110 valence electrons. The lowest BCUT2D eigenvalue weighted by atomic mass is 10.1. The van der Waals surface area contributed by atoms with Gasteiger partial charge in [0.25, 0.3) is 5.91 Å². The Morgan fingerprint density at radius 3 is 2.57 bits per heavy atom. The first-order chi connectivity index (χ1) is 10.2. The molecule has 2 aromatic rings. The van der Waals surface area contributed by atoms with Crippen LogP contribution in [0.1, 0.15) is 21.6 Å².